The summed E-state index contributed by atoms with van der Waals surface area (Å²) in [6.45, 7) is 1.93. The van der Waals surface area contributed by atoms with Crippen LogP contribution in [0.25, 0.3) is 5.57 Å². The van der Waals surface area contributed by atoms with E-state index in [2.05, 4.69) is 50.0 Å². The third-order valence-electron chi connectivity index (χ3n) is 3.18. The van der Waals surface area contributed by atoms with Gasteiger partial charge >= 0.3 is 0 Å². The van der Waals surface area contributed by atoms with Gasteiger partial charge in [-0.3, -0.25) is 4.90 Å². The fraction of sp³-hybridized carbons (Fsp3) is 0.231. The molecule has 0 aliphatic carbocycles. The number of tetrazole rings is 1. The van der Waals surface area contributed by atoms with Crippen molar-refractivity contribution >= 4 is 11.3 Å². The number of nitrogens with zero attached hydrogens (tertiary/aromatic N) is 5. The van der Waals surface area contributed by atoms with Gasteiger partial charge in [0, 0.05) is 25.0 Å². The van der Waals surface area contributed by atoms with Gasteiger partial charge in [-0.15, -0.1) is 10.2 Å². The molecule has 3 rings (SSSR count). The Bertz CT molecular complexity index is 681. The maximum Gasteiger partial charge on any atom is 0.216 e. The summed E-state index contributed by atoms with van der Waals surface area (Å²) < 4.78 is 0. The van der Waals surface area contributed by atoms with Crippen molar-refractivity contribution in [3.8, 4) is 6.07 Å². The number of hydrogen-bond acceptors (Lipinski definition) is 6. The first kappa shape index (κ1) is 12.3. The lowest BCUT2D eigenvalue weighted by molar-refractivity contribution is 0.353. The van der Waals surface area contributed by atoms with E-state index in [1.54, 1.807) is 6.20 Å². The quantitative estimate of drug-likeness (QED) is 0.809. The number of allylic oxidation sites excluding steroid dienone is 1. The molecule has 7 heteroatoms. The standard InChI is InChI=1S/C13H13N7/c1-20-7-9-2-3-12(4-10(9)8-20)15-6-11(5-14)13-16-18-19-17-13/h2-4,6,15H,7-8H2,1H3,(H,16,17,18,19). The van der Waals surface area contributed by atoms with Crippen molar-refractivity contribution in [2.75, 3.05) is 12.4 Å². The summed E-state index contributed by atoms with van der Waals surface area (Å²) >= 11 is 0. The summed E-state index contributed by atoms with van der Waals surface area (Å²) in [4.78, 5) is 2.25. The first-order valence-corrected chi connectivity index (χ1v) is 6.17. The first-order valence-electron chi connectivity index (χ1n) is 6.17. The highest BCUT2D eigenvalue weighted by Crippen LogP contribution is 2.24. The fourth-order valence-electron chi connectivity index (χ4n) is 2.23. The zero-order valence-corrected chi connectivity index (χ0v) is 11.0. The number of nitriles is 1. The van der Waals surface area contributed by atoms with E-state index in [4.69, 9.17) is 5.26 Å². The van der Waals surface area contributed by atoms with Gasteiger partial charge in [0.25, 0.3) is 0 Å². The zero-order valence-electron chi connectivity index (χ0n) is 11.0. The molecule has 2 heterocycles. The van der Waals surface area contributed by atoms with Crippen molar-refractivity contribution in [1.29, 1.82) is 5.26 Å². The average Bonchev–Trinajstić information content (AvgIpc) is 3.07. The Hall–Kier alpha value is -2.72. The molecule has 0 fully saturated rings. The Kier molecular flexibility index (Phi) is 3.15. The van der Waals surface area contributed by atoms with E-state index in [0.29, 0.717) is 5.57 Å². The summed E-state index contributed by atoms with van der Waals surface area (Å²) in [5, 5.41) is 25.5. The highest BCUT2D eigenvalue weighted by Gasteiger charge is 2.15. The van der Waals surface area contributed by atoms with E-state index in [1.165, 1.54) is 11.1 Å². The third-order valence-corrected chi connectivity index (χ3v) is 3.18. The number of aromatic amines is 1. The Morgan fingerprint density at radius 1 is 1.45 bits per heavy atom. The maximum absolute atomic E-state index is 9.08. The largest absolute Gasteiger partial charge is 0.360 e. The van der Waals surface area contributed by atoms with Gasteiger partial charge in [0.1, 0.15) is 11.6 Å². The van der Waals surface area contributed by atoms with Gasteiger partial charge in [-0.1, -0.05) is 6.07 Å². The van der Waals surface area contributed by atoms with Gasteiger partial charge in [-0.2, -0.15) is 10.5 Å². The summed E-state index contributed by atoms with van der Waals surface area (Å²) in [5.41, 5.74) is 3.93. The second-order valence-corrected chi connectivity index (χ2v) is 4.71. The van der Waals surface area contributed by atoms with E-state index < -0.39 is 0 Å². The molecule has 20 heavy (non-hydrogen) atoms. The molecule has 0 unspecified atom stereocenters. The minimum absolute atomic E-state index is 0.279. The molecule has 100 valence electrons. The molecular formula is C13H13N7. The van der Waals surface area contributed by atoms with E-state index >= 15 is 0 Å². The van der Waals surface area contributed by atoms with Crippen molar-refractivity contribution in [3.63, 3.8) is 0 Å². The van der Waals surface area contributed by atoms with Gasteiger partial charge in [0.2, 0.25) is 5.82 Å². The Labute approximate surface area is 115 Å². The number of aromatic nitrogens is 4. The molecule has 0 saturated heterocycles. The molecule has 2 aromatic rings. The summed E-state index contributed by atoms with van der Waals surface area (Å²) in [5.74, 6) is 0.279. The molecular weight excluding hydrogens is 254 g/mol. The number of H-pyrrole nitrogens is 1. The molecule has 2 N–H and O–H groups in total. The van der Waals surface area contributed by atoms with Crippen molar-refractivity contribution in [2.45, 2.75) is 13.1 Å². The van der Waals surface area contributed by atoms with Gasteiger partial charge < -0.3 is 5.32 Å². The van der Waals surface area contributed by atoms with Gasteiger partial charge in [-0.05, 0) is 35.5 Å². The number of rotatable bonds is 3. The van der Waals surface area contributed by atoms with Crippen molar-refractivity contribution in [1.82, 2.24) is 25.5 Å². The van der Waals surface area contributed by atoms with E-state index in [9.17, 15) is 0 Å². The predicted molar refractivity (Wildman–Crippen MR) is 73.0 cm³/mol. The zero-order chi connectivity index (χ0) is 13.9. The van der Waals surface area contributed by atoms with Crippen LogP contribution in [0.1, 0.15) is 17.0 Å². The smallest absolute Gasteiger partial charge is 0.216 e. The van der Waals surface area contributed by atoms with Gasteiger partial charge in [0.15, 0.2) is 0 Å². The van der Waals surface area contributed by atoms with Crippen LogP contribution in [0.4, 0.5) is 5.69 Å². The number of anilines is 1. The Morgan fingerprint density at radius 2 is 2.30 bits per heavy atom. The van der Waals surface area contributed by atoms with Crippen LogP contribution in [0.15, 0.2) is 24.4 Å². The number of nitrogens with one attached hydrogen (secondary N) is 2. The SMILES string of the molecule is CN1Cc2ccc(NC=C(C#N)c3nn[nH]n3)cc2C1. The predicted octanol–water partition coefficient (Wildman–Crippen LogP) is 1.12. The monoisotopic (exact) mass is 267 g/mol. The molecule has 0 bridgehead atoms. The highest BCUT2D eigenvalue weighted by atomic mass is 15.5. The van der Waals surface area contributed by atoms with Crippen molar-refractivity contribution in [2.24, 2.45) is 0 Å². The number of hydrogen-bond donors (Lipinski definition) is 2. The fourth-order valence-corrected chi connectivity index (χ4v) is 2.23. The molecule has 0 spiro atoms. The normalized spacial score (nSPS) is 14.9. The van der Waals surface area contributed by atoms with Crippen molar-refractivity contribution in [3.05, 3.63) is 41.4 Å². The molecule has 1 aliphatic heterocycles. The summed E-state index contributed by atoms with van der Waals surface area (Å²) in [6, 6.07) is 8.24. The van der Waals surface area contributed by atoms with Crippen LogP contribution in [0.3, 0.4) is 0 Å². The average molecular weight is 267 g/mol. The topological polar surface area (TPSA) is 93.5 Å². The lowest BCUT2D eigenvalue weighted by atomic mass is 10.1. The molecule has 7 nitrogen and oxygen atoms in total. The van der Waals surface area contributed by atoms with E-state index in [-0.39, 0.29) is 5.82 Å². The van der Waals surface area contributed by atoms with Crippen LogP contribution in [0.2, 0.25) is 0 Å². The minimum atomic E-state index is 0.279. The Balaban J connectivity index is 1.79. The molecule has 1 aliphatic rings. The minimum Gasteiger partial charge on any atom is -0.360 e. The van der Waals surface area contributed by atoms with Crippen LogP contribution in [0, 0.1) is 11.3 Å². The Morgan fingerprint density at radius 3 is 3.05 bits per heavy atom. The van der Waals surface area contributed by atoms with Crippen LogP contribution >= 0.6 is 0 Å². The maximum atomic E-state index is 9.08. The van der Waals surface area contributed by atoms with Crippen LogP contribution in [0.5, 0.6) is 0 Å². The van der Waals surface area contributed by atoms with Gasteiger partial charge in [-0.25, -0.2) is 0 Å². The molecule has 1 aromatic heterocycles. The van der Waals surface area contributed by atoms with Crippen LogP contribution in [-0.4, -0.2) is 32.6 Å². The van der Waals surface area contributed by atoms with Crippen molar-refractivity contribution < 1.29 is 0 Å². The molecule has 1 aromatic carbocycles. The van der Waals surface area contributed by atoms with Gasteiger partial charge in [0.05, 0.1) is 0 Å². The summed E-state index contributed by atoms with van der Waals surface area (Å²) in [7, 11) is 2.09. The van der Waals surface area contributed by atoms with Crippen LogP contribution < -0.4 is 5.32 Å². The molecule has 0 atom stereocenters. The lowest BCUT2D eigenvalue weighted by Gasteiger charge is -2.04. The molecule has 0 amide bonds. The third kappa shape index (κ3) is 2.37. The highest BCUT2D eigenvalue weighted by molar-refractivity contribution is 5.74. The molecule has 0 radical (unpaired) electrons. The van der Waals surface area contributed by atoms with Crippen LogP contribution in [-0.2, 0) is 13.1 Å². The molecule has 0 saturated carbocycles. The second kappa shape index (κ2) is 5.11. The first-order chi connectivity index (χ1) is 9.76. The number of benzene rings is 1. The second-order valence-electron chi connectivity index (χ2n) is 4.71. The number of fused-ring (bicyclic) bond motifs is 1. The lowest BCUT2D eigenvalue weighted by Crippen LogP contribution is -2.07. The van der Waals surface area contributed by atoms with E-state index in [0.717, 1.165) is 18.8 Å². The van der Waals surface area contributed by atoms with E-state index in [1.807, 2.05) is 12.1 Å². The summed E-state index contributed by atoms with van der Waals surface area (Å²) in [6.07, 6.45) is 1.59.